The predicted molar refractivity (Wildman–Crippen MR) is 68.5 cm³/mol. The topological polar surface area (TPSA) is 8.81 Å². The molecule has 0 saturated heterocycles. The van der Waals surface area contributed by atoms with Crippen molar-refractivity contribution >= 4 is 0 Å². The van der Waals surface area contributed by atoms with Crippen LogP contribution < -0.4 is 4.57 Å². The van der Waals surface area contributed by atoms with Crippen molar-refractivity contribution in [3.05, 3.63) is 18.2 Å². The van der Waals surface area contributed by atoms with Gasteiger partial charge >= 0.3 is 0 Å². The van der Waals surface area contributed by atoms with Gasteiger partial charge in [0.15, 0.2) is 0 Å². The van der Waals surface area contributed by atoms with Crippen LogP contribution in [0.4, 0.5) is 0 Å². The molecule has 16 heavy (non-hydrogen) atoms. The third-order valence-corrected chi connectivity index (χ3v) is 3.00. The number of aryl methyl sites for hydroxylation is 2. The van der Waals surface area contributed by atoms with Crippen LogP contribution in [0, 0.1) is 0 Å². The van der Waals surface area contributed by atoms with Gasteiger partial charge in [0.1, 0.15) is 12.4 Å². The lowest BCUT2D eigenvalue weighted by Gasteiger charge is -2.15. The molecule has 0 spiro atoms. The number of imidazole rings is 1. The van der Waals surface area contributed by atoms with E-state index in [4.69, 9.17) is 0 Å². The zero-order valence-electron chi connectivity index (χ0n) is 11.6. The van der Waals surface area contributed by atoms with Crippen LogP contribution in [0.5, 0.6) is 0 Å². The van der Waals surface area contributed by atoms with Gasteiger partial charge in [-0.25, -0.2) is 9.13 Å². The van der Waals surface area contributed by atoms with E-state index in [0.29, 0.717) is 0 Å². The Morgan fingerprint density at radius 2 is 1.88 bits per heavy atom. The quantitative estimate of drug-likeness (QED) is 0.535. The summed E-state index contributed by atoms with van der Waals surface area (Å²) >= 11 is 0. The summed E-state index contributed by atoms with van der Waals surface area (Å²) in [6.07, 6.45) is 9.70. The highest BCUT2D eigenvalue weighted by molar-refractivity contribution is 4.98. The predicted octanol–water partition coefficient (Wildman–Crippen LogP) is 3.19. The standard InChI is InChI=1S/C14H27N2/c1-6-7-8-9-10-16-12-11-15(5)13(16)14(2,3)4/h11-12H,6-10H2,1-5H3/q+1. The normalized spacial score (nSPS) is 12.1. The second-order valence-corrected chi connectivity index (χ2v) is 5.74. The molecule has 1 aromatic heterocycles. The molecular formula is C14H27N2+. The van der Waals surface area contributed by atoms with Gasteiger partial charge in [0.2, 0.25) is 0 Å². The molecule has 0 fully saturated rings. The molecular weight excluding hydrogens is 196 g/mol. The van der Waals surface area contributed by atoms with Crippen molar-refractivity contribution in [2.45, 2.75) is 65.3 Å². The van der Waals surface area contributed by atoms with E-state index in [1.54, 1.807) is 0 Å². The Labute approximate surface area is 100 Å². The molecule has 2 heteroatoms. The Balaban J connectivity index is 2.66. The maximum Gasteiger partial charge on any atom is 0.261 e. The van der Waals surface area contributed by atoms with Gasteiger partial charge in [0, 0.05) is 0 Å². The zero-order chi connectivity index (χ0) is 12.2. The first-order chi connectivity index (χ1) is 7.46. The lowest BCUT2D eigenvalue weighted by molar-refractivity contribution is -0.682. The van der Waals surface area contributed by atoms with Crippen LogP contribution in [0.3, 0.4) is 0 Å². The molecule has 0 saturated carbocycles. The fourth-order valence-electron chi connectivity index (χ4n) is 2.37. The minimum absolute atomic E-state index is 0.225. The largest absolute Gasteiger partial charge is 0.261 e. The molecule has 0 unspecified atom stereocenters. The van der Waals surface area contributed by atoms with Crippen molar-refractivity contribution in [1.82, 2.24) is 4.57 Å². The van der Waals surface area contributed by atoms with Crippen molar-refractivity contribution in [3.63, 3.8) is 0 Å². The van der Waals surface area contributed by atoms with E-state index in [2.05, 4.69) is 56.3 Å². The van der Waals surface area contributed by atoms with Crippen LogP contribution in [0.15, 0.2) is 12.4 Å². The van der Waals surface area contributed by atoms with Crippen LogP contribution in [0.25, 0.3) is 0 Å². The Morgan fingerprint density at radius 1 is 1.19 bits per heavy atom. The van der Waals surface area contributed by atoms with Crippen molar-refractivity contribution in [2.75, 3.05) is 0 Å². The number of hydrogen-bond acceptors (Lipinski definition) is 0. The molecule has 0 aliphatic heterocycles. The van der Waals surface area contributed by atoms with E-state index in [9.17, 15) is 0 Å². The fourth-order valence-corrected chi connectivity index (χ4v) is 2.37. The van der Waals surface area contributed by atoms with E-state index in [1.165, 1.54) is 31.5 Å². The maximum atomic E-state index is 2.41. The maximum absolute atomic E-state index is 2.41. The molecule has 0 N–H and O–H groups in total. The molecule has 0 aromatic carbocycles. The third-order valence-electron chi connectivity index (χ3n) is 3.00. The molecule has 0 amide bonds. The number of aromatic nitrogens is 2. The first-order valence-electron chi connectivity index (χ1n) is 6.52. The van der Waals surface area contributed by atoms with Gasteiger partial charge in [0.05, 0.1) is 19.0 Å². The molecule has 0 atom stereocenters. The van der Waals surface area contributed by atoms with Crippen molar-refractivity contribution in [1.29, 1.82) is 0 Å². The average Bonchev–Trinajstić information content (AvgIpc) is 2.54. The second kappa shape index (κ2) is 5.51. The molecule has 0 aliphatic carbocycles. The first-order valence-corrected chi connectivity index (χ1v) is 6.52. The first kappa shape index (κ1) is 13.3. The van der Waals surface area contributed by atoms with Crippen LogP contribution in [-0.4, -0.2) is 4.57 Å². The summed E-state index contributed by atoms with van der Waals surface area (Å²) in [5.74, 6) is 1.42. The van der Waals surface area contributed by atoms with Crippen molar-refractivity contribution < 1.29 is 4.57 Å². The SMILES string of the molecule is CCCCCCn1cc[n+](C)c1C(C)(C)C. The number of nitrogens with zero attached hydrogens (tertiary/aromatic N) is 2. The third kappa shape index (κ3) is 3.36. The lowest BCUT2D eigenvalue weighted by atomic mass is 9.95. The summed E-state index contributed by atoms with van der Waals surface area (Å²) in [5, 5.41) is 0. The van der Waals surface area contributed by atoms with Gasteiger partial charge in [-0.1, -0.05) is 19.8 Å². The van der Waals surface area contributed by atoms with Crippen LogP contribution in [0.2, 0.25) is 0 Å². The summed E-state index contributed by atoms with van der Waals surface area (Å²) in [5.41, 5.74) is 0.225. The minimum Gasteiger partial charge on any atom is -0.236 e. The molecule has 0 radical (unpaired) electrons. The number of hydrogen-bond donors (Lipinski definition) is 0. The van der Waals surface area contributed by atoms with Crippen molar-refractivity contribution in [3.8, 4) is 0 Å². The second-order valence-electron chi connectivity index (χ2n) is 5.74. The summed E-state index contributed by atoms with van der Waals surface area (Å²) in [6.45, 7) is 10.3. The highest BCUT2D eigenvalue weighted by Crippen LogP contribution is 2.19. The summed E-state index contributed by atoms with van der Waals surface area (Å²) < 4.78 is 4.66. The molecule has 2 nitrogen and oxygen atoms in total. The molecule has 0 bridgehead atoms. The van der Waals surface area contributed by atoms with E-state index in [1.807, 2.05) is 0 Å². The zero-order valence-corrected chi connectivity index (χ0v) is 11.6. The number of unbranched alkanes of at least 4 members (excludes halogenated alkanes) is 3. The fraction of sp³-hybridized carbons (Fsp3) is 0.786. The molecule has 1 rings (SSSR count). The Kier molecular flexibility index (Phi) is 4.57. The average molecular weight is 223 g/mol. The monoisotopic (exact) mass is 223 g/mol. The van der Waals surface area contributed by atoms with Crippen LogP contribution >= 0.6 is 0 Å². The van der Waals surface area contributed by atoms with Gasteiger partial charge in [-0.2, -0.15) is 0 Å². The van der Waals surface area contributed by atoms with E-state index < -0.39 is 0 Å². The number of rotatable bonds is 5. The van der Waals surface area contributed by atoms with Gasteiger partial charge in [-0.3, -0.25) is 0 Å². The van der Waals surface area contributed by atoms with Gasteiger partial charge in [-0.05, 0) is 33.6 Å². The Bertz CT molecular complexity index is 318. The van der Waals surface area contributed by atoms with Gasteiger partial charge in [0.25, 0.3) is 5.82 Å². The smallest absolute Gasteiger partial charge is 0.236 e. The Hall–Kier alpha value is -0.790. The molecule has 1 aromatic rings. The van der Waals surface area contributed by atoms with Crippen molar-refractivity contribution in [2.24, 2.45) is 7.05 Å². The van der Waals surface area contributed by atoms with Crippen LogP contribution in [0.1, 0.15) is 59.2 Å². The highest BCUT2D eigenvalue weighted by atomic mass is 15.1. The molecule has 1 heterocycles. The van der Waals surface area contributed by atoms with Crippen LogP contribution in [-0.2, 0) is 19.0 Å². The molecule has 92 valence electrons. The highest BCUT2D eigenvalue weighted by Gasteiger charge is 2.28. The van der Waals surface area contributed by atoms with Gasteiger partial charge < -0.3 is 0 Å². The molecule has 0 aliphatic rings. The lowest BCUT2D eigenvalue weighted by Crippen LogP contribution is -2.39. The summed E-state index contributed by atoms with van der Waals surface area (Å²) in [4.78, 5) is 0. The van der Waals surface area contributed by atoms with E-state index >= 15 is 0 Å². The summed E-state index contributed by atoms with van der Waals surface area (Å²) in [6, 6.07) is 0. The summed E-state index contributed by atoms with van der Waals surface area (Å²) in [7, 11) is 2.14. The van der Waals surface area contributed by atoms with E-state index in [0.717, 1.165) is 6.54 Å². The van der Waals surface area contributed by atoms with E-state index in [-0.39, 0.29) is 5.41 Å². The van der Waals surface area contributed by atoms with Gasteiger partial charge in [-0.15, -0.1) is 0 Å². The Morgan fingerprint density at radius 3 is 2.44 bits per heavy atom. The minimum atomic E-state index is 0.225.